The number of aromatic nitrogens is 2. The fraction of sp³-hybridized carbons (Fsp3) is 0.385. The average Bonchev–Trinajstić information content (AvgIpc) is 2.39. The number of hydrogen-bond acceptors (Lipinski definition) is 5. The van der Waals surface area contributed by atoms with Crippen LogP contribution in [0.1, 0.15) is 5.56 Å². The van der Waals surface area contributed by atoms with Crippen LogP contribution in [0.3, 0.4) is 0 Å². The van der Waals surface area contributed by atoms with Gasteiger partial charge in [-0.2, -0.15) is 0 Å². The minimum Gasteiger partial charge on any atom is -0.394 e. The van der Waals surface area contributed by atoms with E-state index in [4.69, 9.17) is 9.84 Å². The lowest BCUT2D eigenvalue weighted by Crippen LogP contribution is -2.12. The molecule has 18 heavy (non-hydrogen) atoms. The van der Waals surface area contributed by atoms with Crippen molar-refractivity contribution in [3.63, 3.8) is 0 Å². The highest BCUT2D eigenvalue weighted by Crippen LogP contribution is 2.19. The molecule has 0 fully saturated rings. The molecule has 0 atom stereocenters. The highest BCUT2D eigenvalue weighted by atomic mass is 16.5. The fourth-order valence-corrected chi connectivity index (χ4v) is 1.72. The summed E-state index contributed by atoms with van der Waals surface area (Å²) in [5.41, 5.74) is 2.10. The van der Waals surface area contributed by atoms with Crippen molar-refractivity contribution in [2.45, 2.75) is 6.92 Å². The topological polar surface area (TPSA) is 67.3 Å². The molecule has 0 spiro atoms. The minimum absolute atomic E-state index is 0.0512. The van der Waals surface area contributed by atoms with Crippen molar-refractivity contribution in [1.82, 2.24) is 9.97 Å². The summed E-state index contributed by atoms with van der Waals surface area (Å²) in [6.45, 7) is 3.65. The maximum Gasteiger partial charge on any atom is 0.137 e. The lowest BCUT2D eigenvalue weighted by molar-refractivity contribution is 0.0992. The molecule has 0 bridgehead atoms. The van der Waals surface area contributed by atoms with E-state index in [2.05, 4.69) is 21.4 Å². The predicted molar refractivity (Wildman–Crippen MR) is 70.7 cm³/mol. The number of nitrogens with one attached hydrogen (secondary N) is 1. The van der Waals surface area contributed by atoms with Crippen molar-refractivity contribution < 1.29 is 9.84 Å². The van der Waals surface area contributed by atoms with Gasteiger partial charge in [-0.05, 0) is 19.1 Å². The number of fused-ring (bicyclic) bond motifs is 1. The first kappa shape index (κ1) is 12.7. The number of aryl methyl sites for hydroxylation is 1. The molecule has 0 aliphatic rings. The van der Waals surface area contributed by atoms with Gasteiger partial charge >= 0.3 is 0 Å². The van der Waals surface area contributed by atoms with E-state index < -0.39 is 0 Å². The second kappa shape index (κ2) is 6.28. The van der Waals surface area contributed by atoms with E-state index in [9.17, 15) is 0 Å². The van der Waals surface area contributed by atoms with Crippen molar-refractivity contribution in [2.24, 2.45) is 0 Å². The van der Waals surface area contributed by atoms with E-state index in [0.717, 1.165) is 16.7 Å². The van der Waals surface area contributed by atoms with E-state index in [-0.39, 0.29) is 6.61 Å². The molecule has 2 rings (SSSR count). The SMILES string of the molecule is Cc1ccc2ncnc(NCCOCCO)c2c1. The van der Waals surface area contributed by atoms with E-state index in [0.29, 0.717) is 19.8 Å². The molecule has 0 aliphatic heterocycles. The van der Waals surface area contributed by atoms with Gasteiger partial charge in [-0.1, -0.05) is 11.6 Å². The van der Waals surface area contributed by atoms with Crippen LogP contribution in [0.15, 0.2) is 24.5 Å². The predicted octanol–water partition coefficient (Wildman–Crippen LogP) is 1.36. The van der Waals surface area contributed by atoms with Gasteiger partial charge in [0, 0.05) is 11.9 Å². The molecular weight excluding hydrogens is 230 g/mol. The molecule has 2 aromatic rings. The number of rotatable bonds is 6. The zero-order valence-electron chi connectivity index (χ0n) is 10.4. The monoisotopic (exact) mass is 247 g/mol. The molecule has 1 aromatic carbocycles. The minimum atomic E-state index is 0.0512. The van der Waals surface area contributed by atoms with Gasteiger partial charge < -0.3 is 15.2 Å². The molecule has 0 saturated carbocycles. The Morgan fingerprint density at radius 1 is 1.28 bits per heavy atom. The fourth-order valence-electron chi connectivity index (χ4n) is 1.72. The molecule has 5 heteroatoms. The first-order chi connectivity index (χ1) is 8.81. The number of nitrogens with zero attached hydrogens (tertiary/aromatic N) is 2. The molecule has 2 N–H and O–H groups in total. The van der Waals surface area contributed by atoms with Gasteiger partial charge in [0.25, 0.3) is 0 Å². The van der Waals surface area contributed by atoms with E-state index in [1.165, 1.54) is 5.56 Å². The third-order valence-electron chi connectivity index (χ3n) is 2.57. The van der Waals surface area contributed by atoms with Gasteiger partial charge in [0.1, 0.15) is 12.1 Å². The second-order valence-corrected chi connectivity index (χ2v) is 4.01. The summed E-state index contributed by atoms with van der Waals surface area (Å²) >= 11 is 0. The van der Waals surface area contributed by atoms with Crippen LogP contribution in [0.25, 0.3) is 10.9 Å². The van der Waals surface area contributed by atoms with Gasteiger partial charge in [-0.25, -0.2) is 9.97 Å². The van der Waals surface area contributed by atoms with Crippen LogP contribution >= 0.6 is 0 Å². The molecule has 0 aliphatic carbocycles. The summed E-state index contributed by atoms with van der Waals surface area (Å²) < 4.78 is 5.18. The quantitative estimate of drug-likeness (QED) is 0.754. The van der Waals surface area contributed by atoms with Gasteiger partial charge in [0.05, 0.1) is 25.3 Å². The van der Waals surface area contributed by atoms with Crippen LogP contribution in [0.5, 0.6) is 0 Å². The summed E-state index contributed by atoms with van der Waals surface area (Å²) in [5, 5.41) is 12.8. The molecule has 5 nitrogen and oxygen atoms in total. The van der Waals surface area contributed by atoms with Crippen molar-refractivity contribution in [2.75, 3.05) is 31.7 Å². The van der Waals surface area contributed by atoms with Crippen LogP contribution in [0.4, 0.5) is 5.82 Å². The number of anilines is 1. The Hall–Kier alpha value is -1.72. The number of hydrogen-bond donors (Lipinski definition) is 2. The maximum absolute atomic E-state index is 8.59. The van der Waals surface area contributed by atoms with Gasteiger partial charge in [0.15, 0.2) is 0 Å². The van der Waals surface area contributed by atoms with Crippen molar-refractivity contribution in [3.05, 3.63) is 30.1 Å². The average molecular weight is 247 g/mol. The Morgan fingerprint density at radius 3 is 3.00 bits per heavy atom. The standard InChI is InChI=1S/C13H17N3O2/c1-10-2-3-12-11(8-10)13(16-9-15-12)14-4-6-18-7-5-17/h2-3,8-9,17H,4-7H2,1H3,(H,14,15,16). The first-order valence-electron chi connectivity index (χ1n) is 5.95. The molecule has 1 aromatic heterocycles. The normalized spacial score (nSPS) is 10.8. The number of benzene rings is 1. The van der Waals surface area contributed by atoms with E-state index in [1.54, 1.807) is 6.33 Å². The lowest BCUT2D eigenvalue weighted by atomic mass is 10.1. The Bertz CT molecular complexity index is 517. The second-order valence-electron chi connectivity index (χ2n) is 4.01. The number of ether oxygens (including phenoxy) is 1. The highest BCUT2D eigenvalue weighted by Gasteiger charge is 2.02. The Morgan fingerprint density at radius 2 is 2.17 bits per heavy atom. The first-order valence-corrected chi connectivity index (χ1v) is 5.95. The smallest absolute Gasteiger partial charge is 0.137 e. The third-order valence-corrected chi connectivity index (χ3v) is 2.57. The van der Waals surface area contributed by atoms with Crippen molar-refractivity contribution in [3.8, 4) is 0 Å². The van der Waals surface area contributed by atoms with Gasteiger partial charge in [-0.15, -0.1) is 0 Å². The number of aliphatic hydroxyl groups is 1. The summed E-state index contributed by atoms with van der Waals surface area (Å²) in [4.78, 5) is 8.46. The summed E-state index contributed by atoms with van der Waals surface area (Å²) in [6, 6.07) is 6.08. The zero-order valence-corrected chi connectivity index (χ0v) is 10.4. The Balaban J connectivity index is 2.05. The largest absolute Gasteiger partial charge is 0.394 e. The van der Waals surface area contributed by atoms with Gasteiger partial charge in [-0.3, -0.25) is 0 Å². The van der Waals surface area contributed by atoms with Crippen LogP contribution in [-0.4, -0.2) is 41.4 Å². The summed E-state index contributed by atoms with van der Waals surface area (Å²) in [6.07, 6.45) is 1.55. The Labute approximate surface area is 106 Å². The summed E-state index contributed by atoms with van der Waals surface area (Å²) in [7, 11) is 0. The Kier molecular flexibility index (Phi) is 4.44. The van der Waals surface area contributed by atoms with Crippen LogP contribution in [0, 0.1) is 6.92 Å². The molecule has 0 saturated heterocycles. The summed E-state index contributed by atoms with van der Waals surface area (Å²) in [5.74, 6) is 0.816. The molecule has 1 heterocycles. The van der Waals surface area contributed by atoms with Crippen molar-refractivity contribution >= 4 is 16.7 Å². The number of aliphatic hydroxyl groups excluding tert-OH is 1. The highest BCUT2D eigenvalue weighted by molar-refractivity contribution is 5.89. The molecular formula is C13H17N3O2. The van der Waals surface area contributed by atoms with Crippen LogP contribution in [0.2, 0.25) is 0 Å². The zero-order chi connectivity index (χ0) is 12.8. The third kappa shape index (κ3) is 3.15. The van der Waals surface area contributed by atoms with Crippen LogP contribution in [-0.2, 0) is 4.74 Å². The van der Waals surface area contributed by atoms with Crippen molar-refractivity contribution in [1.29, 1.82) is 0 Å². The van der Waals surface area contributed by atoms with Crippen LogP contribution < -0.4 is 5.32 Å². The molecule has 0 amide bonds. The molecule has 0 unspecified atom stereocenters. The maximum atomic E-state index is 8.59. The lowest BCUT2D eigenvalue weighted by Gasteiger charge is -2.08. The molecule has 0 radical (unpaired) electrons. The van der Waals surface area contributed by atoms with E-state index in [1.807, 2.05) is 19.1 Å². The van der Waals surface area contributed by atoms with E-state index >= 15 is 0 Å². The molecule has 96 valence electrons. The van der Waals surface area contributed by atoms with Gasteiger partial charge in [0.2, 0.25) is 0 Å².